The third kappa shape index (κ3) is 4.24. The summed E-state index contributed by atoms with van der Waals surface area (Å²) in [6, 6.07) is 10.7. The van der Waals surface area contributed by atoms with Crippen molar-refractivity contribution in [1.29, 1.82) is 0 Å². The average Bonchev–Trinajstić information content (AvgIpc) is 2.74. The molecule has 0 aliphatic carbocycles. The molecule has 0 radical (unpaired) electrons. The summed E-state index contributed by atoms with van der Waals surface area (Å²) in [6.07, 6.45) is 0. The molecule has 0 saturated carbocycles. The van der Waals surface area contributed by atoms with Crippen molar-refractivity contribution in [3.8, 4) is 23.7 Å². The molecule has 0 nitrogen and oxygen atoms in total. The van der Waals surface area contributed by atoms with Crippen molar-refractivity contribution in [3.05, 3.63) is 104 Å². The van der Waals surface area contributed by atoms with E-state index in [1.807, 2.05) is 26.0 Å². The van der Waals surface area contributed by atoms with Crippen LogP contribution >= 0.6 is 0 Å². The molecular formula is C26H18F4. The van der Waals surface area contributed by atoms with Crippen molar-refractivity contribution < 1.29 is 17.6 Å². The van der Waals surface area contributed by atoms with E-state index >= 15 is 0 Å². The van der Waals surface area contributed by atoms with Gasteiger partial charge in [-0.25, -0.2) is 17.6 Å². The third-order valence-corrected chi connectivity index (χ3v) is 4.98. The Balaban J connectivity index is 1.86. The third-order valence-electron chi connectivity index (χ3n) is 4.98. The minimum Gasteiger partial charge on any atom is -0.203 e. The highest BCUT2D eigenvalue weighted by molar-refractivity contribution is 5.50. The molecule has 3 aromatic carbocycles. The summed E-state index contributed by atoms with van der Waals surface area (Å²) in [7, 11) is 0. The highest BCUT2D eigenvalue weighted by Gasteiger charge is 2.21. The molecule has 3 rings (SSSR count). The van der Waals surface area contributed by atoms with E-state index in [2.05, 4.69) is 30.6 Å². The molecule has 0 amide bonds. The van der Waals surface area contributed by atoms with Crippen LogP contribution in [0.25, 0.3) is 0 Å². The molecule has 30 heavy (non-hydrogen) atoms. The van der Waals surface area contributed by atoms with Crippen molar-refractivity contribution >= 4 is 0 Å². The molecular weight excluding hydrogens is 388 g/mol. The number of rotatable bonds is 0. The van der Waals surface area contributed by atoms with E-state index in [0.717, 1.165) is 18.1 Å². The monoisotopic (exact) mass is 406 g/mol. The molecule has 0 spiro atoms. The lowest BCUT2D eigenvalue weighted by molar-refractivity contribution is 0.442. The largest absolute Gasteiger partial charge is 0.203 e. The Kier molecular flexibility index (Phi) is 5.99. The first-order valence-electron chi connectivity index (χ1n) is 9.23. The Bertz CT molecular complexity index is 1210. The Hall–Kier alpha value is -3.50. The van der Waals surface area contributed by atoms with Gasteiger partial charge in [-0.15, -0.1) is 0 Å². The molecule has 0 unspecified atom stereocenters. The predicted octanol–water partition coefficient (Wildman–Crippen LogP) is 6.28. The van der Waals surface area contributed by atoms with Crippen LogP contribution < -0.4 is 0 Å². The van der Waals surface area contributed by atoms with Gasteiger partial charge in [-0.2, -0.15) is 0 Å². The Morgan fingerprint density at radius 3 is 1.37 bits per heavy atom. The van der Waals surface area contributed by atoms with Crippen molar-refractivity contribution in [3.63, 3.8) is 0 Å². The van der Waals surface area contributed by atoms with Crippen LogP contribution in [0.2, 0.25) is 0 Å². The van der Waals surface area contributed by atoms with Crippen molar-refractivity contribution in [2.45, 2.75) is 27.7 Å². The highest BCUT2D eigenvalue weighted by atomic mass is 19.2. The van der Waals surface area contributed by atoms with Gasteiger partial charge < -0.3 is 0 Å². The van der Waals surface area contributed by atoms with Crippen molar-refractivity contribution in [2.24, 2.45) is 0 Å². The van der Waals surface area contributed by atoms with E-state index in [1.165, 1.54) is 16.7 Å². The fourth-order valence-corrected chi connectivity index (χ4v) is 2.87. The first-order valence-corrected chi connectivity index (χ1v) is 9.23. The molecule has 150 valence electrons. The summed E-state index contributed by atoms with van der Waals surface area (Å²) in [5, 5.41) is 0. The SMILES string of the molecule is Cc1cc(C#Cc2ccc(C#Cc3c(F)c(F)c(C)c(F)c3F)cc2)cc(C)c1C. The molecule has 0 fully saturated rings. The van der Waals surface area contributed by atoms with Crippen LogP contribution in [0.1, 0.15) is 44.5 Å². The number of benzene rings is 3. The van der Waals surface area contributed by atoms with E-state index in [9.17, 15) is 17.6 Å². The quantitative estimate of drug-likeness (QED) is 0.234. The first kappa shape index (κ1) is 21.2. The summed E-state index contributed by atoms with van der Waals surface area (Å²) in [6.45, 7) is 7.11. The zero-order chi connectivity index (χ0) is 22.0. The summed E-state index contributed by atoms with van der Waals surface area (Å²) < 4.78 is 55.1. The smallest absolute Gasteiger partial charge is 0.177 e. The van der Waals surface area contributed by atoms with Gasteiger partial charge in [-0.05, 0) is 80.8 Å². The maximum Gasteiger partial charge on any atom is 0.177 e. The average molecular weight is 406 g/mol. The van der Waals surface area contributed by atoms with Crippen LogP contribution in [0.5, 0.6) is 0 Å². The lowest BCUT2D eigenvalue weighted by Gasteiger charge is -2.04. The van der Waals surface area contributed by atoms with Gasteiger partial charge in [0.2, 0.25) is 0 Å². The topological polar surface area (TPSA) is 0 Å². The summed E-state index contributed by atoms with van der Waals surface area (Å²) in [4.78, 5) is 0. The predicted molar refractivity (Wildman–Crippen MR) is 110 cm³/mol. The molecule has 0 bridgehead atoms. The van der Waals surface area contributed by atoms with Gasteiger partial charge in [0.15, 0.2) is 23.3 Å². The molecule has 0 heterocycles. The van der Waals surface area contributed by atoms with Crippen LogP contribution in [0.15, 0.2) is 36.4 Å². The Labute approximate surface area is 173 Å². The van der Waals surface area contributed by atoms with Gasteiger partial charge in [0.25, 0.3) is 0 Å². The van der Waals surface area contributed by atoms with Crippen LogP contribution in [0.3, 0.4) is 0 Å². The second kappa shape index (κ2) is 8.47. The van der Waals surface area contributed by atoms with Gasteiger partial charge in [0.1, 0.15) is 5.56 Å². The molecule has 0 aliphatic rings. The summed E-state index contributed by atoms with van der Waals surface area (Å²) >= 11 is 0. The lowest BCUT2D eigenvalue weighted by atomic mass is 10.0. The molecule has 0 aromatic heterocycles. The molecule has 3 aromatic rings. The summed E-state index contributed by atoms with van der Waals surface area (Å²) in [5.41, 5.74) is 4.03. The standard InChI is InChI=1S/C26H18F4/c1-15-13-21(14-16(2)17(15)3)10-9-19-5-7-20(8-6-19)11-12-22-25(29)23(27)18(4)24(28)26(22)30/h5-8,13-14H,1-4H3. The normalized spacial score (nSPS) is 10.1. The van der Waals surface area contributed by atoms with E-state index in [1.54, 1.807) is 24.3 Å². The van der Waals surface area contributed by atoms with Gasteiger partial charge in [0, 0.05) is 22.3 Å². The number of hydrogen-bond acceptors (Lipinski definition) is 0. The highest BCUT2D eigenvalue weighted by Crippen LogP contribution is 2.23. The van der Waals surface area contributed by atoms with Gasteiger partial charge >= 0.3 is 0 Å². The number of aryl methyl sites for hydroxylation is 2. The second-order valence-corrected chi connectivity index (χ2v) is 7.07. The minimum atomic E-state index is -1.50. The molecule has 0 saturated heterocycles. The van der Waals surface area contributed by atoms with Crippen LogP contribution in [0, 0.1) is 74.6 Å². The molecule has 0 aliphatic heterocycles. The van der Waals surface area contributed by atoms with E-state index in [0.29, 0.717) is 5.56 Å². The number of hydrogen-bond donors (Lipinski definition) is 0. The zero-order valence-corrected chi connectivity index (χ0v) is 17.0. The van der Waals surface area contributed by atoms with Crippen molar-refractivity contribution in [1.82, 2.24) is 0 Å². The Morgan fingerprint density at radius 1 is 0.500 bits per heavy atom. The van der Waals surface area contributed by atoms with Gasteiger partial charge in [-0.3, -0.25) is 0 Å². The maximum absolute atomic E-state index is 13.9. The number of halogens is 4. The minimum absolute atomic E-state index is 0.433. The van der Waals surface area contributed by atoms with Crippen molar-refractivity contribution in [2.75, 3.05) is 0 Å². The van der Waals surface area contributed by atoms with Gasteiger partial charge in [-0.1, -0.05) is 23.7 Å². The lowest BCUT2D eigenvalue weighted by Crippen LogP contribution is -2.03. The van der Waals surface area contributed by atoms with E-state index in [4.69, 9.17) is 0 Å². The fraction of sp³-hybridized carbons (Fsp3) is 0.154. The van der Waals surface area contributed by atoms with E-state index in [-0.39, 0.29) is 0 Å². The fourth-order valence-electron chi connectivity index (χ4n) is 2.87. The van der Waals surface area contributed by atoms with Crippen LogP contribution in [-0.2, 0) is 0 Å². The Morgan fingerprint density at radius 2 is 0.900 bits per heavy atom. The first-order chi connectivity index (χ1) is 14.2. The van der Waals surface area contributed by atoms with E-state index < -0.39 is 34.4 Å². The molecule has 0 N–H and O–H groups in total. The van der Waals surface area contributed by atoms with Crippen LogP contribution in [-0.4, -0.2) is 0 Å². The maximum atomic E-state index is 13.9. The second-order valence-electron chi connectivity index (χ2n) is 7.07. The van der Waals surface area contributed by atoms with Gasteiger partial charge in [0.05, 0.1) is 0 Å². The molecule has 0 atom stereocenters. The van der Waals surface area contributed by atoms with Crippen LogP contribution in [0.4, 0.5) is 17.6 Å². The zero-order valence-electron chi connectivity index (χ0n) is 17.0. The molecule has 4 heteroatoms. The summed E-state index contributed by atoms with van der Waals surface area (Å²) in [5.74, 6) is 5.01.